The highest BCUT2D eigenvalue weighted by Crippen LogP contribution is 2.31. The zero-order valence-corrected chi connectivity index (χ0v) is 12.1. The molecule has 1 aliphatic carbocycles. The van der Waals surface area contributed by atoms with E-state index in [-0.39, 0.29) is 11.1 Å². The van der Waals surface area contributed by atoms with Crippen molar-refractivity contribution in [2.45, 2.75) is 32.4 Å². The highest BCUT2D eigenvalue weighted by atomic mass is 35.5. The van der Waals surface area contributed by atoms with Gasteiger partial charge in [0.1, 0.15) is 0 Å². The van der Waals surface area contributed by atoms with Gasteiger partial charge in [0.2, 0.25) is 5.22 Å². The van der Waals surface area contributed by atoms with E-state index >= 15 is 0 Å². The molecular weight excluding hydrogens is 274 g/mol. The van der Waals surface area contributed by atoms with Gasteiger partial charge >= 0.3 is 0 Å². The fraction of sp³-hybridized carbons (Fsp3) is 0.312. The highest BCUT2D eigenvalue weighted by Gasteiger charge is 2.34. The van der Waals surface area contributed by atoms with Crippen molar-refractivity contribution < 1.29 is 9.21 Å². The van der Waals surface area contributed by atoms with Gasteiger partial charge in [-0.3, -0.25) is 4.79 Å². The molecule has 1 aromatic carbocycles. The molecular formula is C16H16ClNO2. The lowest BCUT2D eigenvalue weighted by Gasteiger charge is -2.22. The van der Waals surface area contributed by atoms with Gasteiger partial charge in [0, 0.05) is 12.6 Å². The third-order valence-corrected chi connectivity index (χ3v) is 3.86. The average molecular weight is 290 g/mol. The Balaban J connectivity index is 1.81. The molecule has 0 radical (unpaired) electrons. The summed E-state index contributed by atoms with van der Waals surface area (Å²) < 4.78 is 5.02. The van der Waals surface area contributed by atoms with Crippen LogP contribution in [0.25, 0.3) is 0 Å². The Morgan fingerprint density at radius 2 is 2.00 bits per heavy atom. The number of hydrogen-bond donors (Lipinski definition) is 0. The minimum atomic E-state index is -0.0492. The number of carbonyl (C=O) groups excluding carboxylic acids is 1. The van der Waals surface area contributed by atoms with Crippen molar-refractivity contribution >= 4 is 17.5 Å². The number of carbonyl (C=O) groups is 1. The molecule has 0 unspecified atom stereocenters. The number of aryl methyl sites for hydroxylation is 1. The fourth-order valence-corrected chi connectivity index (χ4v) is 2.44. The van der Waals surface area contributed by atoms with Crippen LogP contribution in [0.15, 0.2) is 41.0 Å². The first kappa shape index (κ1) is 13.3. The van der Waals surface area contributed by atoms with E-state index in [0.717, 1.165) is 18.4 Å². The van der Waals surface area contributed by atoms with Crippen molar-refractivity contribution in [2.75, 3.05) is 0 Å². The van der Waals surface area contributed by atoms with Crippen molar-refractivity contribution in [2.24, 2.45) is 0 Å². The summed E-state index contributed by atoms with van der Waals surface area (Å²) >= 11 is 5.91. The van der Waals surface area contributed by atoms with Crippen LogP contribution in [-0.4, -0.2) is 16.8 Å². The predicted molar refractivity (Wildman–Crippen MR) is 77.8 cm³/mol. The maximum absolute atomic E-state index is 12.6. The van der Waals surface area contributed by atoms with E-state index in [1.807, 2.05) is 4.90 Å². The number of hydrogen-bond acceptors (Lipinski definition) is 2. The second-order valence-electron chi connectivity index (χ2n) is 5.26. The number of amides is 1. The molecule has 1 saturated carbocycles. The molecule has 0 saturated heterocycles. The number of benzene rings is 1. The summed E-state index contributed by atoms with van der Waals surface area (Å²) in [7, 11) is 0. The molecule has 1 aromatic heterocycles. The summed E-state index contributed by atoms with van der Waals surface area (Å²) in [6.45, 7) is 2.67. The smallest absolute Gasteiger partial charge is 0.259 e. The van der Waals surface area contributed by atoms with Gasteiger partial charge in [-0.1, -0.05) is 29.8 Å². The van der Waals surface area contributed by atoms with E-state index in [4.69, 9.17) is 16.0 Å². The molecule has 0 spiro atoms. The molecule has 4 heteroatoms. The van der Waals surface area contributed by atoms with Gasteiger partial charge in [0.25, 0.3) is 5.91 Å². The Kier molecular flexibility index (Phi) is 3.53. The first-order valence-corrected chi connectivity index (χ1v) is 7.12. The van der Waals surface area contributed by atoms with Crippen LogP contribution in [0.3, 0.4) is 0 Å². The largest absolute Gasteiger partial charge is 0.452 e. The standard InChI is InChI=1S/C16H16ClNO2/c1-11-2-4-12(5-3-11)10-18(13-6-7-13)16(19)14-8-9-20-15(14)17/h2-5,8-9,13H,6-7,10H2,1H3. The highest BCUT2D eigenvalue weighted by molar-refractivity contribution is 6.32. The average Bonchev–Trinajstić information content (AvgIpc) is 3.19. The van der Waals surface area contributed by atoms with Crippen LogP contribution in [0.4, 0.5) is 0 Å². The maximum atomic E-state index is 12.6. The van der Waals surface area contributed by atoms with Crippen molar-refractivity contribution in [3.63, 3.8) is 0 Å². The normalized spacial score (nSPS) is 14.3. The monoisotopic (exact) mass is 289 g/mol. The van der Waals surface area contributed by atoms with Gasteiger partial charge in [-0.2, -0.15) is 0 Å². The third kappa shape index (κ3) is 2.73. The van der Waals surface area contributed by atoms with Crippen LogP contribution in [-0.2, 0) is 6.54 Å². The number of nitrogens with zero attached hydrogens (tertiary/aromatic N) is 1. The van der Waals surface area contributed by atoms with E-state index in [9.17, 15) is 4.79 Å². The molecule has 1 heterocycles. The second-order valence-corrected chi connectivity index (χ2v) is 5.60. The van der Waals surface area contributed by atoms with E-state index in [1.54, 1.807) is 6.07 Å². The minimum absolute atomic E-state index is 0.0492. The van der Waals surface area contributed by atoms with Crippen LogP contribution < -0.4 is 0 Å². The molecule has 2 aromatic rings. The van der Waals surface area contributed by atoms with E-state index in [0.29, 0.717) is 18.2 Å². The summed E-state index contributed by atoms with van der Waals surface area (Å²) in [4.78, 5) is 14.5. The summed E-state index contributed by atoms with van der Waals surface area (Å²) in [6, 6.07) is 10.2. The Labute approximate surface area is 123 Å². The molecule has 1 fully saturated rings. The number of halogens is 1. The number of rotatable bonds is 4. The first-order chi connectivity index (χ1) is 9.65. The van der Waals surface area contributed by atoms with Crippen LogP contribution >= 0.6 is 11.6 Å². The van der Waals surface area contributed by atoms with Crippen molar-refractivity contribution in [3.05, 3.63) is 58.5 Å². The topological polar surface area (TPSA) is 33.5 Å². The molecule has 3 nitrogen and oxygen atoms in total. The Hall–Kier alpha value is -1.74. The zero-order chi connectivity index (χ0) is 14.1. The Bertz CT molecular complexity index is 614. The maximum Gasteiger partial charge on any atom is 0.259 e. The lowest BCUT2D eigenvalue weighted by molar-refractivity contribution is 0.0729. The molecule has 0 bridgehead atoms. The lowest BCUT2D eigenvalue weighted by atomic mass is 10.1. The first-order valence-electron chi connectivity index (χ1n) is 6.74. The molecule has 1 amide bonds. The molecule has 20 heavy (non-hydrogen) atoms. The van der Waals surface area contributed by atoms with Gasteiger partial charge in [-0.15, -0.1) is 0 Å². The van der Waals surface area contributed by atoms with Gasteiger partial charge in [-0.05, 0) is 43.0 Å². The van der Waals surface area contributed by atoms with Crippen LogP contribution in [0.5, 0.6) is 0 Å². The summed E-state index contributed by atoms with van der Waals surface area (Å²) in [5, 5.41) is 0.171. The third-order valence-electron chi connectivity index (χ3n) is 3.57. The van der Waals surface area contributed by atoms with Gasteiger partial charge < -0.3 is 9.32 Å². The van der Waals surface area contributed by atoms with Crippen molar-refractivity contribution in [1.82, 2.24) is 4.90 Å². The summed E-state index contributed by atoms with van der Waals surface area (Å²) in [5.41, 5.74) is 2.80. The molecule has 0 N–H and O–H groups in total. The van der Waals surface area contributed by atoms with E-state index < -0.39 is 0 Å². The predicted octanol–water partition coefficient (Wildman–Crippen LogP) is 4.05. The molecule has 3 rings (SSSR count). The minimum Gasteiger partial charge on any atom is -0.452 e. The van der Waals surface area contributed by atoms with Crippen LogP contribution in [0.1, 0.15) is 34.3 Å². The zero-order valence-electron chi connectivity index (χ0n) is 11.3. The molecule has 0 atom stereocenters. The van der Waals surface area contributed by atoms with Gasteiger partial charge in [-0.25, -0.2) is 0 Å². The lowest BCUT2D eigenvalue weighted by Crippen LogP contribution is -2.32. The number of furan rings is 1. The molecule has 1 aliphatic rings. The van der Waals surface area contributed by atoms with Gasteiger partial charge in [0.05, 0.1) is 11.8 Å². The fourth-order valence-electron chi connectivity index (χ4n) is 2.24. The van der Waals surface area contributed by atoms with E-state index in [2.05, 4.69) is 31.2 Å². The SMILES string of the molecule is Cc1ccc(CN(C(=O)c2ccoc2Cl)C2CC2)cc1. The van der Waals surface area contributed by atoms with Gasteiger partial charge in [0.15, 0.2) is 0 Å². The van der Waals surface area contributed by atoms with Crippen LogP contribution in [0.2, 0.25) is 5.22 Å². The Morgan fingerprint density at radius 3 is 2.55 bits per heavy atom. The molecule has 104 valence electrons. The Morgan fingerprint density at radius 1 is 1.30 bits per heavy atom. The van der Waals surface area contributed by atoms with Crippen molar-refractivity contribution in [3.8, 4) is 0 Å². The summed E-state index contributed by atoms with van der Waals surface area (Å²) in [5.74, 6) is -0.0492. The van der Waals surface area contributed by atoms with Crippen LogP contribution in [0, 0.1) is 6.92 Å². The molecule has 0 aliphatic heterocycles. The summed E-state index contributed by atoms with van der Waals surface area (Å²) in [6.07, 6.45) is 3.58. The van der Waals surface area contributed by atoms with Crippen molar-refractivity contribution in [1.29, 1.82) is 0 Å². The quantitative estimate of drug-likeness (QED) is 0.851. The second kappa shape index (κ2) is 5.33. The van der Waals surface area contributed by atoms with E-state index in [1.165, 1.54) is 11.8 Å².